The minimum Gasteiger partial charge on any atom is -0.506 e. The molecule has 7 heteroatoms. The number of aromatic nitrogens is 1. The van der Waals surface area contributed by atoms with Crippen LogP contribution in [-0.2, 0) is 6.54 Å². The summed E-state index contributed by atoms with van der Waals surface area (Å²) in [7, 11) is 0. The van der Waals surface area contributed by atoms with Gasteiger partial charge in [0.2, 0.25) is 0 Å². The normalized spacial score (nSPS) is 13.5. The van der Waals surface area contributed by atoms with E-state index in [9.17, 15) is 24.2 Å². The van der Waals surface area contributed by atoms with Gasteiger partial charge in [0.15, 0.2) is 5.75 Å². The SMILES string of the molecule is Cc1ccc2c(O)c3c(c(O)c2n1)C(=O)N(Cc1cccc(F)c1)C3=O. The number of aromatic hydroxyl groups is 2. The summed E-state index contributed by atoms with van der Waals surface area (Å²) in [6.07, 6.45) is 0. The van der Waals surface area contributed by atoms with Gasteiger partial charge < -0.3 is 10.2 Å². The third-order valence-corrected chi connectivity index (χ3v) is 4.39. The van der Waals surface area contributed by atoms with Crippen molar-refractivity contribution < 1.29 is 24.2 Å². The number of hydrogen-bond donors (Lipinski definition) is 2. The number of benzene rings is 2. The Hall–Kier alpha value is -3.48. The highest BCUT2D eigenvalue weighted by atomic mass is 19.1. The molecule has 0 bridgehead atoms. The molecule has 0 radical (unpaired) electrons. The first-order valence-electron chi connectivity index (χ1n) is 7.84. The number of carbonyl (C=O) groups excluding carboxylic acids is 2. The topological polar surface area (TPSA) is 90.7 Å². The van der Waals surface area contributed by atoms with Crippen LogP contribution >= 0.6 is 0 Å². The fourth-order valence-electron chi connectivity index (χ4n) is 3.16. The van der Waals surface area contributed by atoms with Crippen LogP contribution < -0.4 is 0 Å². The van der Waals surface area contributed by atoms with Crippen molar-refractivity contribution in [2.24, 2.45) is 0 Å². The van der Waals surface area contributed by atoms with E-state index in [1.165, 1.54) is 24.3 Å². The smallest absolute Gasteiger partial charge is 0.265 e. The molecule has 1 aliphatic rings. The lowest BCUT2D eigenvalue weighted by Gasteiger charge is -2.13. The molecular formula is C19H13FN2O4. The highest BCUT2D eigenvalue weighted by Crippen LogP contribution is 2.43. The first-order valence-corrected chi connectivity index (χ1v) is 7.84. The van der Waals surface area contributed by atoms with E-state index in [0.29, 0.717) is 11.3 Å². The molecular weight excluding hydrogens is 339 g/mol. The quantitative estimate of drug-likeness (QED) is 0.547. The average molecular weight is 352 g/mol. The number of fused-ring (bicyclic) bond motifs is 2. The van der Waals surface area contributed by atoms with E-state index in [0.717, 1.165) is 4.90 Å². The first kappa shape index (κ1) is 16.0. The third kappa shape index (κ3) is 2.21. The number of aryl methyl sites for hydroxylation is 1. The number of amides is 2. The molecule has 0 atom stereocenters. The summed E-state index contributed by atoms with van der Waals surface area (Å²) >= 11 is 0. The molecule has 1 aliphatic heterocycles. The fraction of sp³-hybridized carbons (Fsp3) is 0.105. The Labute approximate surface area is 147 Å². The zero-order valence-electron chi connectivity index (χ0n) is 13.7. The molecule has 2 heterocycles. The van der Waals surface area contributed by atoms with Crippen LogP contribution in [0.4, 0.5) is 4.39 Å². The second kappa shape index (κ2) is 5.52. The minimum absolute atomic E-state index is 0.0509. The van der Waals surface area contributed by atoms with Gasteiger partial charge in [0, 0.05) is 11.1 Å². The van der Waals surface area contributed by atoms with Gasteiger partial charge in [-0.3, -0.25) is 14.5 Å². The van der Waals surface area contributed by atoms with Crippen LogP contribution in [-0.4, -0.2) is 31.9 Å². The van der Waals surface area contributed by atoms with E-state index in [1.54, 1.807) is 19.1 Å². The summed E-state index contributed by atoms with van der Waals surface area (Å²) in [5.41, 5.74) is 0.504. The summed E-state index contributed by atoms with van der Waals surface area (Å²) in [5, 5.41) is 21.2. The van der Waals surface area contributed by atoms with Gasteiger partial charge in [0.25, 0.3) is 11.8 Å². The van der Waals surface area contributed by atoms with Crippen molar-refractivity contribution in [2.75, 3.05) is 0 Å². The van der Waals surface area contributed by atoms with Crippen molar-refractivity contribution in [1.82, 2.24) is 9.88 Å². The van der Waals surface area contributed by atoms with Crippen LogP contribution in [0.3, 0.4) is 0 Å². The molecule has 6 nitrogen and oxygen atoms in total. The second-order valence-corrected chi connectivity index (χ2v) is 6.12. The van der Waals surface area contributed by atoms with Crippen molar-refractivity contribution in [3.05, 3.63) is 64.6 Å². The molecule has 2 amide bonds. The van der Waals surface area contributed by atoms with Crippen LogP contribution in [0.5, 0.6) is 11.5 Å². The van der Waals surface area contributed by atoms with Crippen molar-refractivity contribution in [1.29, 1.82) is 0 Å². The maximum absolute atomic E-state index is 13.4. The van der Waals surface area contributed by atoms with E-state index in [2.05, 4.69) is 4.98 Å². The molecule has 0 saturated heterocycles. The van der Waals surface area contributed by atoms with Crippen molar-refractivity contribution >= 4 is 22.7 Å². The van der Waals surface area contributed by atoms with Gasteiger partial charge >= 0.3 is 0 Å². The number of halogens is 1. The molecule has 4 rings (SSSR count). The maximum Gasteiger partial charge on any atom is 0.265 e. The second-order valence-electron chi connectivity index (χ2n) is 6.12. The highest BCUT2D eigenvalue weighted by molar-refractivity contribution is 6.26. The van der Waals surface area contributed by atoms with Crippen LogP contribution in [0.2, 0.25) is 0 Å². The Morgan fingerprint density at radius 2 is 1.73 bits per heavy atom. The molecule has 0 aliphatic carbocycles. The van der Waals surface area contributed by atoms with Gasteiger partial charge in [-0.15, -0.1) is 0 Å². The summed E-state index contributed by atoms with van der Waals surface area (Å²) < 4.78 is 13.4. The molecule has 0 unspecified atom stereocenters. The molecule has 130 valence electrons. The molecule has 0 fully saturated rings. The fourth-order valence-corrected chi connectivity index (χ4v) is 3.16. The number of phenols is 2. The first-order chi connectivity index (χ1) is 12.4. The van der Waals surface area contributed by atoms with Gasteiger partial charge in [-0.25, -0.2) is 9.37 Å². The largest absolute Gasteiger partial charge is 0.506 e. The van der Waals surface area contributed by atoms with Gasteiger partial charge in [-0.1, -0.05) is 12.1 Å². The van der Waals surface area contributed by atoms with Crippen molar-refractivity contribution in [3.63, 3.8) is 0 Å². The van der Waals surface area contributed by atoms with Crippen LogP contribution in [0, 0.1) is 12.7 Å². The lowest BCUT2D eigenvalue weighted by atomic mass is 10.0. The number of rotatable bonds is 2. The van der Waals surface area contributed by atoms with Gasteiger partial charge in [-0.2, -0.15) is 0 Å². The van der Waals surface area contributed by atoms with Gasteiger partial charge in [0.1, 0.15) is 22.6 Å². The molecule has 26 heavy (non-hydrogen) atoms. The number of phenolic OH excluding ortho intramolecular Hbond substituents is 2. The lowest BCUT2D eigenvalue weighted by Crippen LogP contribution is -2.29. The highest BCUT2D eigenvalue weighted by Gasteiger charge is 2.42. The van der Waals surface area contributed by atoms with Crippen LogP contribution in [0.1, 0.15) is 32.0 Å². The Morgan fingerprint density at radius 3 is 2.42 bits per heavy atom. The number of nitrogens with zero attached hydrogens (tertiary/aromatic N) is 2. The molecule has 2 aromatic carbocycles. The minimum atomic E-state index is -0.757. The zero-order valence-corrected chi connectivity index (χ0v) is 13.7. The summed E-state index contributed by atoms with van der Waals surface area (Å²) in [5.74, 6) is -2.84. The monoisotopic (exact) mass is 352 g/mol. The summed E-state index contributed by atoms with van der Waals surface area (Å²) in [4.78, 5) is 30.4. The van der Waals surface area contributed by atoms with E-state index in [1.807, 2.05) is 0 Å². The number of imide groups is 1. The average Bonchev–Trinajstić information content (AvgIpc) is 2.85. The van der Waals surface area contributed by atoms with Crippen molar-refractivity contribution in [3.8, 4) is 11.5 Å². The lowest BCUT2D eigenvalue weighted by molar-refractivity contribution is 0.0641. The molecule has 3 aromatic rings. The molecule has 2 N–H and O–H groups in total. The summed E-state index contributed by atoms with van der Waals surface area (Å²) in [6.45, 7) is 1.53. The van der Waals surface area contributed by atoms with Crippen LogP contribution in [0.15, 0.2) is 36.4 Å². The summed E-state index contributed by atoms with van der Waals surface area (Å²) in [6, 6.07) is 8.67. The molecule has 0 spiro atoms. The van der Waals surface area contributed by atoms with Crippen molar-refractivity contribution in [2.45, 2.75) is 13.5 Å². The number of hydrogen-bond acceptors (Lipinski definition) is 5. The molecule has 1 aromatic heterocycles. The maximum atomic E-state index is 13.4. The Balaban J connectivity index is 1.87. The standard InChI is InChI=1S/C19H13FN2O4/c1-9-5-6-12-15(21-9)17(24)14-13(16(12)23)18(25)22(19(14)26)8-10-3-2-4-11(20)7-10/h2-7,23-24H,8H2,1H3. The van der Waals surface area contributed by atoms with E-state index in [4.69, 9.17) is 0 Å². The predicted octanol–water partition coefficient (Wildman–Crippen LogP) is 2.89. The number of pyridine rings is 1. The Bertz CT molecular complexity index is 1110. The molecule has 0 saturated carbocycles. The van der Waals surface area contributed by atoms with E-state index < -0.39 is 29.1 Å². The van der Waals surface area contributed by atoms with Gasteiger partial charge in [-0.05, 0) is 36.8 Å². The zero-order chi connectivity index (χ0) is 18.6. The van der Waals surface area contributed by atoms with E-state index >= 15 is 0 Å². The van der Waals surface area contributed by atoms with E-state index in [-0.39, 0.29) is 28.6 Å². The van der Waals surface area contributed by atoms with Crippen LogP contribution in [0.25, 0.3) is 10.9 Å². The Kier molecular flexibility index (Phi) is 3.40. The predicted molar refractivity (Wildman–Crippen MR) is 90.4 cm³/mol. The third-order valence-electron chi connectivity index (χ3n) is 4.39. The number of carbonyl (C=O) groups is 2. The Morgan fingerprint density at radius 1 is 1.04 bits per heavy atom. The van der Waals surface area contributed by atoms with Gasteiger partial charge in [0.05, 0.1) is 12.1 Å².